The summed E-state index contributed by atoms with van der Waals surface area (Å²) in [5.74, 6) is 0.721. The van der Waals surface area contributed by atoms with E-state index >= 15 is 0 Å². The minimum Gasteiger partial charge on any atom is -0.382 e. The molecule has 0 aliphatic carbocycles. The van der Waals surface area contributed by atoms with Gasteiger partial charge in [-0.3, -0.25) is 14.0 Å². The van der Waals surface area contributed by atoms with Crippen LogP contribution in [-0.4, -0.2) is 60.1 Å². The lowest BCUT2D eigenvalue weighted by atomic mass is 9.73. The Morgan fingerprint density at radius 1 is 1.26 bits per heavy atom. The van der Waals surface area contributed by atoms with Crippen LogP contribution in [0.15, 0.2) is 32.9 Å². The topological polar surface area (TPSA) is 120 Å². The van der Waals surface area contributed by atoms with Crippen molar-refractivity contribution in [2.24, 2.45) is 19.5 Å². The number of benzene rings is 1. The third-order valence-electron chi connectivity index (χ3n) is 7.76. The highest BCUT2D eigenvalue weighted by molar-refractivity contribution is 7.99. The van der Waals surface area contributed by atoms with Crippen molar-refractivity contribution in [3.63, 3.8) is 0 Å². The summed E-state index contributed by atoms with van der Waals surface area (Å²) in [4.78, 5) is 21.3. The molecule has 13 heteroatoms. The number of rotatable bonds is 5. The Morgan fingerprint density at radius 2 is 1.95 bits per heavy atom. The Labute approximate surface area is 240 Å². The number of ether oxygens (including phenoxy) is 1. The molecule has 0 amide bonds. The number of aromatic nitrogens is 4. The Kier molecular flexibility index (Phi) is 7.55. The van der Waals surface area contributed by atoms with Gasteiger partial charge in [0.05, 0.1) is 45.0 Å². The van der Waals surface area contributed by atoms with Gasteiger partial charge in [-0.1, -0.05) is 23.4 Å². The van der Waals surface area contributed by atoms with Crippen LogP contribution < -0.4 is 20.9 Å². The Morgan fingerprint density at radius 3 is 2.62 bits per heavy atom. The van der Waals surface area contributed by atoms with E-state index in [1.165, 1.54) is 11.8 Å². The maximum Gasteiger partial charge on any atom is 0.270 e. The Bertz CT molecular complexity index is 1490. The molecule has 0 radical (unpaired) electrons. The first kappa shape index (κ1) is 28.4. The van der Waals surface area contributed by atoms with Crippen LogP contribution in [0.3, 0.4) is 0 Å². The number of fused-ring (bicyclic) bond motifs is 1. The number of hydrogen-bond acceptors (Lipinski definition) is 8. The van der Waals surface area contributed by atoms with E-state index in [4.69, 9.17) is 22.1 Å². The number of anilines is 2. The van der Waals surface area contributed by atoms with Crippen LogP contribution >= 0.6 is 23.4 Å². The molecule has 10 nitrogen and oxygen atoms in total. The van der Waals surface area contributed by atoms with Gasteiger partial charge in [0.1, 0.15) is 10.7 Å². The summed E-state index contributed by atoms with van der Waals surface area (Å²) in [5, 5.41) is 5.73. The molecule has 1 spiro atoms. The van der Waals surface area contributed by atoms with Crippen molar-refractivity contribution in [1.82, 2.24) is 24.1 Å². The van der Waals surface area contributed by atoms with Crippen molar-refractivity contribution in [1.29, 1.82) is 0 Å². The Hall–Kier alpha value is -2.12. The molecule has 2 saturated heterocycles. The Balaban J connectivity index is 1.36. The molecule has 0 unspecified atom stereocenters. The van der Waals surface area contributed by atoms with E-state index in [0.29, 0.717) is 35.6 Å². The average molecular weight is 594 g/mol. The van der Waals surface area contributed by atoms with E-state index in [9.17, 15) is 9.00 Å². The minimum absolute atomic E-state index is 0.0118. The maximum absolute atomic E-state index is 13.5. The van der Waals surface area contributed by atoms with Crippen LogP contribution in [0.4, 0.5) is 11.8 Å². The third-order valence-corrected chi connectivity index (χ3v) is 11.0. The van der Waals surface area contributed by atoms with Crippen molar-refractivity contribution >= 4 is 57.0 Å². The molecule has 2 aromatic heterocycles. The van der Waals surface area contributed by atoms with Crippen LogP contribution in [-0.2, 0) is 29.8 Å². The fourth-order valence-corrected chi connectivity index (χ4v) is 7.69. The van der Waals surface area contributed by atoms with Crippen molar-refractivity contribution in [3.8, 4) is 0 Å². The zero-order valence-corrected chi connectivity index (χ0v) is 25.5. The summed E-state index contributed by atoms with van der Waals surface area (Å²) in [6.45, 7) is 9.94. The zero-order chi connectivity index (χ0) is 28.3. The van der Waals surface area contributed by atoms with Crippen molar-refractivity contribution in [2.45, 2.75) is 67.2 Å². The molecule has 39 heavy (non-hydrogen) atoms. The van der Waals surface area contributed by atoms with E-state index in [1.54, 1.807) is 16.3 Å². The second kappa shape index (κ2) is 10.4. The molecule has 2 aliphatic heterocycles. The molecule has 0 saturated carbocycles. The van der Waals surface area contributed by atoms with Crippen molar-refractivity contribution in [2.75, 3.05) is 30.3 Å². The smallest absolute Gasteiger partial charge is 0.270 e. The zero-order valence-electron chi connectivity index (χ0n) is 23.2. The highest BCUT2D eigenvalue weighted by atomic mass is 35.5. The highest BCUT2D eigenvalue weighted by Gasteiger charge is 2.50. The highest BCUT2D eigenvalue weighted by Crippen LogP contribution is 2.44. The quantitative estimate of drug-likeness (QED) is 0.461. The lowest BCUT2D eigenvalue weighted by Crippen LogP contribution is -2.55. The first-order valence-electron chi connectivity index (χ1n) is 13.0. The van der Waals surface area contributed by atoms with Gasteiger partial charge >= 0.3 is 0 Å². The normalized spacial score (nSPS) is 22.2. The molecule has 4 heterocycles. The summed E-state index contributed by atoms with van der Waals surface area (Å²) in [5.41, 5.74) is 6.81. The van der Waals surface area contributed by atoms with Gasteiger partial charge in [0.15, 0.2) is 0 Å². The van der Waals surface area contributed by atoms with Gasteiger partial charge in [0.2, 0.25) is 5.95 Å². The van der Waals surface area contributed by atoms with E-state index in [0.717, 1.165) is 28.6 Å². The minimum atomic E-state index is -1.19. The summed E-state index contributed by atoms with van der Waals surface area (Å²) in [6, 6.07) is 3.71. The van der Waals surface area contributed by atoms with Gasteiger partial charge in [-0.25, -0.2) is 8.93 Å². The molecule has 3 aromatic rings. The number of hydrogen-bond donors (Lipinski definition) is 2. The third kappa shape index (κ3) is 5.21. The van der Waals surface area contributed by atoms with Crippen LogP contribution in [0.2, 0.25) is 5.02 Å². The number of piperidine rings is 1. The van der Waals surface area contributed by atoms with Crippen LogP contribution in [0.1, 0.15) is 40.5 Å². The summed E-state index contributed by atoms with van der Waals surface area (Å²) in [7, 11) is 2.37. The molecule has 5 rings (SSSR count). The fourth-order valence-electron chi connectivity index (χ4n) is 5.41. The van der Waals surface area contributed by atoms with Crippen molar-refractivity contribution in [3.05, 3.63) is 33.7 Å². The molecular formula is C26H36ClN7O3S2. The maximum atomic E-state index is 13.5. The lowest BCUT2D eigenvalue weighted by molar-refractivity contribution is 0.0972. The summed E-state index contributed by atoms with van der Waals surface area (Å²) < 4.78 is 25.2. The first-order valence-corrected chi connectivity index (χ1v) is 15.4. The number of halogens is 1. The van der Waals surface area contributed by atoms with E-state index in [-0.39, 0.29) is 33.7 Å². The van der Waals surface area contributed by atoms with E-state index < -0.39 is 11.0 Å². The van der Waals surface area contributed by atoms with E-state index in [1.807, 2.05) is 53.1 Å². The van der Waals surface area contributed by atoms with Gasteiger partial charge in [0, 0.05) is 49.1 Å². The van der Waals surface area contributed by atoms with Gasteiger partial charge in [-0.05, 0) is 52.7 Å². The fraction of sp³-hybridized carbons (Fsp3) is 0.577. The van der Waals surface area contributed by atoms with Gasteiger partial charge in [0.25, 0.3) is 5.56 Å². The average Bonchev–Trinajstić information content (AvgIpc) is 3.40. The number of nitrogen functional groups attached to an aromatic ring is 1. The second-order valence-corrected chi connectivity index (χ2v) is 15.0. The van der Waals surface area contributed by atoms with Gasteiger partial charge < -0.3 is 15.4 Å². The van der Waals surface area contributed by atoms with E-state index in [2.05, 4.69) is 19.7 Å². The molecule has 1 aromatic carbocycles. The predicted octanol–water partition coefficient (Wildman–Crippen LogP) is 3.48. The second-order valence-electron chi connectivity index (χ2n) is 11.5. The number of nitrogens with one attached hydrogen (secondary N) is 1. The summed E-state index contributed by atoms with van der Waals surface area (Å²) in [6.07, 6.45) is 3.46. The molecule has 3 atom stereocenters. The van der Waals surface area contributed by atoms with Gasteiger partial charge in [-0.15, -0.1) is 0 Å². The predicted molar refractivity (Wildman–Crippen MR) is 158 cm³/mol. The SMILES string of the molecule is C[C@@H]1OCC2(CCN(c3nc(N)c(Sc4ccc5nn(C)cc5c4Cl)c(=O)n3C)CC2)[C@@H]1N[S@](=O)C(C)(C)C. The standard InChI is InChI=1S/C26H36ClN7O3S2/c1-15-21(31-39(36)25(2,3)4)26(14-37-15)9-11-34(12-10-26)24-29-22(28)20(23(35)33(24)6)38-18-8-7-17-16(19(18)27)13-32(5)30-17/h7-8,13,15,21,31H,9-12,14,28H2,1-6H3/t15-,21+,39+/m0/s1. The monoisotopic (exact) mass is 593 g/mol. The molecule has 2 aliphatic rings. The molecule has 212 valence electrons. The molecular weight excluding hydrogens is 558 g/mol. The van der Waals surface area contributed by atoms with Gasteiger partial charge in [-0.2, -0.15) is 10.1 Å². The van der Waals surface area contributed by atoms with Crippen LogP contribution in [0.5, 0.6) is 0 Å². The molecule has 2 fully saturated rings. The number of nitrogens with two attached hydrogens (primary N) is 1. The lowest BCUT2D eigenvalue weighted by Gasteiger charge is -2.43. The number of nitrogens with zero attached hydrogens (tertiary/aromatic N) is 5. The number of aryl methyl sites for hydroxylation is 1. The van der Waals surface area contributed by atoms with Crippen molar-refractivity contribution < 1.29 is 8.95 Å². The van der Waals surface area contributed by atoms with Crippen LogP contribution in [0.25, 0.3) is 10.9 Å². The molecule has 0 bridgehead atoms. The van der Waals surface area contributed by atoms with Crippen LogP contribution in [0, 0.1) is 5.41 Å². The largest absolute Gasteiger partial charge is 0.382 e. The first-order chi connectivity index (χ1) is 18.3. The molecule has 3 N–H and O–H groups in total. The summed E-state index contributed by atoms with van der Waals surface area (Å²) >= 11 is 7.88.